The fourth-order valence-corrected chi connectivity index (χ4v) is 2.61. The number of ether oxygens (including phenoxy) is 1. The van der Waals surface area contributed by atoms with Crippen molar-refractivity contribution in [2.45, 2.75) is 19.1 Å². The van der Waals surface area contributed by atoms with E-state index in [0.29, 0.717) is 31.1 Å². The number of rotatable bonds is 7. The summed E-state index contributed by atoms with van der Waals surface area (Å²) in [5.41, 5.74) is 0.180. The maximum atomic E-state index is 12.8. The molecule has 1 atom stereocenters. The topological polar surface area (TPSA) is 87.8 Å². The van der Waals surface area contributed by atoms with Gasteiger partial charge in [-0.3, -0.25) is 9.69 Å². The van der Waals surface area contributed by atoms with Gasteiger partial charge in [-0.1, -0.05) is 5.16 Å². The Labute approximate surface area is 144 Å². The van der Waals surface area contributed by atoms with Gasteiger partial charge in [0.2, 0.25) is 0 Å². The number of carbonyl (C=O) groups is 1. The van der Waals surface area contributed by atoms with Crippen LogP contribution in [0.4, 0.5) is 4.39 Å². The van der Waals surface area contributed by atoms with Crippen LogP contribution in [0.2, 0.25) is 0 Å². The summed E-state index contributed by atoms with van der Waals surface area (Å²) in [5.74, 6) is 0.236. The third-order valence-electron chi connectivity index (χ3n) is 3.95. The molecule has 1 aliphatic rings. The van der Waals surface area contributed by atoms with Crippen molar-refractivity contribution in [2.24, 2.45) is 0 Å². The lowest BCUT2D eigenvalue weighted by atomic mass is 10.3. The second-order valence-corrected chi connectivity index (χ2v) is 5.92. The Morgan fingerprint density at radius 2 is 2.24 bits per heavy atom. The molecule has 0 bridgehead atoms. The van der Waals surface area contributed by atoms with E-state index < -0.39 is 0 Å². The van der Waals surface area contributed by atoms with Gasteiger partial charge in [-0.25, -0.2) is 4.39 Å². The number of aliphatic hydroxyl groups is 1. The molecule has 2 heterocycles. The molecule has 1 aliphatic heterocycles. The molecule has 2 aromatic rings. The molecule has 8 heteroatoms. The number of hydrogen-bond acceptors (Lipinski definition) is 6. The van der Waals surface area contributed by atoms with Gasteiger partial charge in [0.05, 0.1) is 6.10 Å². The first-order valence-electron chi connectivity index (χ1n) is 8.13. The van der Waals surface area contributed by atoms with Gasteiger partial charge in [0.15, 0.2) is 11.5 Å². The van der Waals surface area contributed by atoms with Gasteiger partial charge < -0.3 is 19.7 Å². The van der Waals surface area contributed by atoms with Crippen molar-refractivity contribution in [3.05, 3.63) is 47.6 Å². The summed E-state index contributed by atoms with van der Waals surface area (Å²) in [5, 5.41) is 15.9. The quantitative estimate of drug-likeness (QED) is 0.781. The maximum absolute atomic E-state index is 12.8. The zero-order chi connectivity index (χ0) is 17.6. The summed E-state index contributed by atoms with van der Waals surface area (Å²) in [6.45, 7) is 2.73. The molecule has 7 nitrogen and oxygen atoms in total. The normalized spacial score (nSPS) is 17.6. The van der Waals surface area contributed by atoms with E-state index in [1.54, 1.807) is 0 Å². The molecule has 0 radical (unpaired) electrons. The van der Waals surface area contributed by atoms with E-state index in [-0.39, 0.29) is 30.1 Å². The average Bonchev–Trinajstić information content (AvgIpc) is 3.23. The highest BCUT2D eigenvalue weighted by atomic mass is 19.1. The molecule has 3 rings (SSSR count). The van der Waals surface area contributed by atoms with E-state index in [1.165, 1.54) is 30.3 Å². The van der Waals surface area contributed by atoms with E-state index in [4.69, 9.17) is 9.26 Å². The van der Waals surface area contributed by atoms with Crippen LogP contribution in [0.5, 0.6) is 5.75 Å². The molecule has 1 aromatic heterocycles. The highest BCUT2D eigenvalue weighted by Gasteiger charge is 2.20. The SMILES string of the molecule is O=C(NCCN1CC[C@H](O)C1)c1cc(COc2ccc(F)cc2)on1. The Hall–Kier alpha value is -2.45. The Morgan fingerprint density at radius 3 is 2.96 bits per heavy atom. The number of nitrogens with one attached hydrogen (secondary N) is 1. The predicted molar refractivity (Wildman–Crippen MR) is 86.6 cm³/mol. The van der Waals surface area contributed by atoms with Gasteiger partial charge in [0, 0.05) is 32.2 Å². The van der Waals surface area contributed by atoms with Crippen LogP contribution < -0.4 is 10.1 Å². The summed E-state index contributed by atoms with van der Waals surface area (Å²) in [6, 6.07) is 7.13. The van der Waals surface area contributed by atoms with E-state index in [9.17, 15) is 14.3 Å². The van der Waals surface area contributed by atoms with Crippen molar-refractivity contribution < 1.29 is 23.6 Å². The van der Waals surface area contributed by atoms with Crippen LogP contribution in [0.1, 0.15) is 22.7 Å². The maximum Gasteiger partial charge on any atom is 0.273 e. The minimum atomic E-state index is -0.339. The second-order valence-electron chi connectivity index (χ2n) is 5.92. The predicted octanol–water partition coefficient (Wildman–Crippen LogP) is 1.19. The molecular weight excluding hydrogens is 329 g/mol. The fraction of sp³-hybridized carbons (Fsp3) is 0.412. The largest absolute Gasteiger partial charge is 0.486 e. The van der Waals surface area contributed by atoms with Crippen LogP contribution in [0.3, 0.4) is 0 Å². The highest BCUT2D eigenvalue weighted by Crippen LogP contribution is 2.14. The van der Waals surface area contributed by atoms with Crippen molar-refractivity contribution in [1.82, 2.24) is 15.4 Å². The number of aromatic nitrogens is 1. The number of nitrogens with zero attached hydrogens (tertiary/aromatic N) is 2. The zero-order valence-corrected chi connectivity index (χ0v) is 13.7. The molecule has 0 aliphatic carbocycles. The Balaban J connectivity index is 1.42. The minimum Gasteiger partial charge on any atom is -0.486 e. The zero-order valence-electron chi connectivity index (χ0n) is 13.7. The third-order valence-corrected chi connectivity index (χ3v) is 3.95. The Bertz CT molecular complexity index is 704. The van der Waals surface area contributed by atoms with Crippen molar-refractivity contribution in [2.75, 3.05) is 26.2 Å². The van der Waals surface area contributed by atoms with Crippen LogP contribution in [-0.4, -0.2) is 53.4 Å². The van der Waals surface area contributed by atoms with Crippen LogP contribution in [-0.2, 0) is 6.61 Å². The highest BCUT2D eigenvalue weighted by molar-refractivity contribution is 5.92. The second kappa shape index (κ2) is 8.09. The van der Waals surface area contributed by atoms with Crippen molar-refractivity contribution >= 4 is 5.91 Å². The first-order chi connectivity index (χ1) is 12.1. The molecule has 134 valence electrons. The summed E-state index contributed by atoms with van der Waals surface area (Å²) in [7, 11) is 0. The van der Waals surface area contributed by atoms with E-state index in [2.05, 4.69) is 15.4 Å². The summed E-state index contributed by atoms with van der Waals surface area (Å²) in [4.78, 5) is 14.1. The number of benzene rings is 1. The Morgan fingerprint density at radius 1 is 1.44 bits per heavy atom. The molecule has 0 spiro atoms. The third kappa shape index (κ3) is 5.01. The molecule has 1 saturated heterocycles. The van der Waals surface area contributed by atoms with Gasteiger partial charge in [-0.05, 0) is 30.7 Å². The van der Waals surface area contributed by atoms with E-state index in [0.717, 1.165) is 13.0 Å². The van der Waals surface area contributed by atoms with E-state index in [1.807, 2.05) is 0 Å². The lowest BCUT2D eigenvalue weighted by Crippen LogP contribution is -2.34. The first-order valence-corrected chi connectivity index (χ1v) is 8.13. The monoisotopic (exact) mass is 349 g/mol. The molecular formula is C17H20FN3O4. The molecule has 1 fully saturated rings. The number of likely N-dealkylation sites (tertiary alicyclic amines) is 1. The van der Waals surface area contributed by atoms with Gasteiger partial charge in [0.25, 0.3) is 5.91 Å². The van der Waals surface area contributed by atoms with Gasteiger partial charge in [-0.2, -0.15) is 0 Å². The van der Waals surface area contributed by atoms with Gasteiger partial charge in [0.1, 0.15) is 18.2 Å². The number of carbonyl (C=O) groups excluding carboxylic acids is 1. The summed E-state index contributed by atoms with van der Waals surface area (Å²) < 4.78 is 23.3. The number of hydrogen-bond donors (Lipinski definition) is 2. The number of amides is 1. The van der Waals surface area contributed by atoms with Crippen LogP contribution >= 0.6 is 0 Å². The molecule has 1 aromatic carbocycles. The fourth-order valence-electron chi connectivity index (χ4n) is 2.61. The summed E-state index contributed by atoms with van der Waals surface area (Å²) >= 11 is 0. The first kappa shape index (κ1) is 17.4. The van der Waals surface area contributed by atoms with Crippen LogP contribution in [0, 0.1) is 5.82 Å². The molecule has 0 unspecified atom stereocenters. The van der Waals surface area contributed by atoms with E-state index >= 15 is 0 Å². The smallest absolute Gasteiger partial charge is 0.273 e. The lowest BCUT2D eigenvalue weighted by Gasteiger charge is -2.14. The van der Waals surface area contributed by atoms with Crippen LogP contribution in [0.15, 0.2) is 34.9 Å². The number of aliphatic hydroxyl groups excluding tert-OH is 1. The molecule has 0 saturated carbocycles. The minimum absolute atomic E-state index is 0.0948. The Kier molecular flexibility index (Phi) is 5.62. The van der Waals surface area contributed by atoms with Crippen molar-refractivity contribution in [1.29, 1.82) is 0 Å². The van der Waals surface area contributed by atoms with Gasteiger partial charge in [-0.15, -0.1) is 0 Å². The van der Waals surface area contributed by atoms with Crippen molar-refractivity contribution in [3.63, 3.8) is 0 Å². The average molecular weight is 349 g/mol. The number of β-amino-alcohol motifs (C(OH)–C–C–N with tert-alkyl or cyclic N) is 1. The lowest BCUT2D eigenvalue weighted by molar-refractivity contribution is 0.0939. The number of halogens is 1. The van der Waals surface area contributed by atoms with Crippen LogP contribution in [0.25, 0.3) is 0 Å². The summed E-state index contributed by atoms with van der Waals surface area (Å²) in [6.07, 6.45) is 0.504. The standard InChI is InChI=1S/C17H20FN3O4/c18-12-1-3-14(4-2-12)24-11-15-9-16(20-25-15)17(23)19-6-8-21-7-5-13(22)10-21/h1-4,9,13,22H,5-8,10-11H2,(H,19,23)/t13-/m0/s1. The van der Waals surface area contributed by atoms with Gasteiger partial charge >= 0.3 is 0 Å². The van der Waals surface area contributed by atoms with Crippen molar-refractivity contribution in [3.8, 4) is 5.75 Å². The molecule has 1 amide bonds. The molecule has 2 N–H and O–H groups in total. The molecule has 25 heavy (non-hydrogen) atoms.